The van der Waals surface area contributed by atoms with Crippen molar-refractivity contribution in [3.63, 3.8) is 0 Å². The zero-order chi connectivity index (χ0) is 10.6. The number of amides is 1. The van der Waals surface area contributed by atoms with E-state index in [4.69, 9.17) is 9.53 Å². The van der Waals surface area contributed by atoms with E-state index >= 15 is 0 Å². The highest BCUT2D eigenvalue weighted by molar-refractivity contribution is 5.42. The maximum absolute atomic E-state index is 8.58. The van der Waals surface area contributed by atoms with Gasteiger partial charge in [-0.25, -0.2) is 0 Å². The zero-order valence-corrected chi connectivity index (χ0v) is 8.95. The fourth-order valence-electron chi connectivity index (χ4n) is 2.22. The van der Waals surface area contributed by atoms with Gasteiger partial charge in [-0.3, -0.25) is 4.79 Å². The maximum Gasteiger partial charge on any atom is 0.204 e. The Balaban J connectivity index is 0.000000293. The first-order valence-corrected chi connectivity index (χ1v) is 5.17. The van der Waals surface area contributed by atoms with Crippen LogP contribution in [0.25, 0.3) is 0 Å². The van der Waals surface area contributed by atoms with Crippen LogP contribution in [0.1, 0.15) is 33.1 Å². The van der Waals surface area contributed by atoms with E-state index < -0.39 is 0 Å². The molecule has 0 aromatic rings. The Morgan fingerprint density at radius 1 is 1.64 bits per heavy atom. The fourth-order valence-corrected chi connectivity index (χ4v) is 2.22. The van der Waals surface area contributed by atoms with E-state index in [1.54, 1.807) is 0 Å². The molecule has 0 aromatic carbocycles. The van der Waals surface area contributed by atoms with E-state index in [0.29, 0.717) is 12.1 Å². The van der Waals surface area contributed by atoms with Gasteiger partial charge in [0.25, 0.3) is 0 Å². The SMILES string of the molecule is CC1OCC2CCCC1(C)N2.NC=O. The van der Waals surface area contributed by atoms with Crippen LogP contribution in [0, 0.1) is 0 Å². The first-order chi connectivity index (χ1) is 6.62. The first-order valence-electron chi connectivity index (χ1n) is 5.17. The minimum absolute atomic E-state index is 0.250. The number of carbonyl (C=O) groups excluding carboxylic acids is 1. The Morgan fingerprint density at radius 2 is 2.29 bits per heavy atom. The predicted molar refractivity (Wildman–Crippen MR) is 54.8 cm³/mol. The number of hydrogen-bond acceptors (Lipinski definition) is 3. The van der Waals surface area contributed by atoms with E-state index in [0.717, 1.165) is 6.61 Å². The average Bonchev–Trinajstić information content (AvgIpc) is 2.14. The lowest BCUT2D eigenvalue weighted by Gasteiger charge is -2.48. The Bertz CT molecular complexity index is 199. The third-order valence-corrected chi connectivity index (χ3v) is 3.23. The summed E-state index contributed by atoms with van der Waals surface area (Å²) in [5.74, 6) is 0. The number of nitrogens with two attached hydrogens (primary N) is 1. The molecule has 0 saturated carbocycles. The summed E-state index contributed by atoms with van der Waals surface area (Å²) in [6, 6.07) is 0.630. The summed E-state index contributed by atoms with van der Waals surface area (Å²) in [5, 5.41) is 3.65. The number of rotatable bonds is 0. The minimum Gasteiger partial charge on any atom is -0.375 e. The Hall–Kier alpha value is -0.610. The molecule has 2 aliphatic heterocycles. The molecule has 82 valence electrons. The van der Waals surface area contributed by atoms with Crippen molar-refractivity contribution in [3.05, 3.63) is 0 Å². The molecule has 0 aliphatic carbocycles. The number of nitrogens with one attached hydrogen (secondary N) is 1. The second-order valence-corrected chi connectivity index (χ2v) is 4.26. The molecule has 2 fully saturated rings. The monoisotopic (exact) mass is 200 g/mol. The number of primary amides is 1. The van der Waals surface area contributed by atoms with Crippen LogP contribution in [0.3, 0.4) is 0 Å². The van der Waals surface area contributed by atoms with Gasteiger partial charge in [-0.2, -0.15) is 0 Å². The van der Waals surface area contributed by atoms with Crippen LogP contribution in [-0.4, -0.2) is 30.7 Å². The second-order valence-electron chi connectivity index (χ2n) is 4.26. The van der Waals surface area contributed by atoms with Crippen LogP contribution >= 0.6 is 0 Å². The van der Waals surface area contributed by atoms with Gasteiger partial charge in [-0.15, -0.1) is 0 Å². The molecule has 1 amide bonds. The van der Waals surface area contributed by atoms with Crippen molar-refractivity contribution in [1.29, 1.82) is 0 Å². The summed E-state index contributed by atoms with van der Waals surface area (Å²) < 4.78 is 5.69. The second kappa shape index (κ2) is 4.75. The standard InChI is InChI=1S/C9H17NO.CH3NO/c1-7-9(2)5-3-4-8(10-9)6-11-7;2-1-3/h7-8,10H,3-6H2,1-2H3;1H,(H2,2,3). The molecule has 3 atom stereocenters. The van der Waals surface area contributed by atoms with E-state index in [-0.39, 0.29) is 11.9 Å². The van der Waals surface area contributed by atoms with Crippen LogP contribution in [0.4, 0.5) is 0 Å². The third-order valence-electron chi connectivity index (χ3n) is 3.23. The summed E-state index contributed by atoms with van der Waals surface area (Å²) in [4.78, 5) is 8.58. The van der Waals surface area contributed by atoms with E-state index in [1.165, 1.54) is 19.3 Å². The van der Waals surface area contributed by atoms with Gasteiger partial charge >= 0.3 is 0 Å². The molecule has 4 heteroatoms. The molecule has 2 heterocycles. The molecule has 2 aliphatic rings. The summed E-state index contributed by atoms with van der Waals surface area (Å²) >= 11 is 0. The van der Waals surface area contributed by atoms with Crippen molar-refractivity contribution in [1.82, 2.24) is 5.32 Å². The third kappa shape index (κ3) is 2.45. The topological polar surface area (TPSA) is 64.3 Å². The number of morpholine rings is 1. The lowest BCUT2D eigenvalue weighted by Crippen LogP contribution is -2.63. The smallest absolute Gasteiger partial charge is 0.204 e. The van der Waals surface area contributed by atoms with Gasteiger partial charge in [0.2, 0.25) is 6.41 Å². The van der Waals surface area contributed by atoms with E-state index in [1.807, 2.05) is 0 Å². The number of ether oxygens (including phenoxy) is 1. The molecular weight excluding hydrogens is 180 g/mol. The molecule has 3 unspecified atom stereocenters. The lowest BCUT2D eigenvalue weighted by molar-refractivity contribution is -0.106. The highest BCUT2D eigenvalue weighted by atomic mass is 16.5. The molecule has 2 rings (SSSR count). The van der Waals surface area contributed by atoms with Gasteiger partial charge in [-0.05, 0) is 33.1 Å². The molecule has 14 heavy (non-hydrogen) atoms. The van der Waals surface area contributed by atoms with Crippen molar-refractivity contribution >= 4 is 6.41 Å². The highest BCUT2D eigenvalue weighted by Crippen LogP contribution is 2.30. The van der Waals surface area contributed by atoms with Crippen molar-refractivity contribution in [2.75, 3.05) is 6.61 Å². The lowest BCUT2D eigenvalue weighted by atomic mass is 9.82. The van der Waals surface area contributed by atoms with Gasteiger partial charge in [0.15, 0.2) is 0 Å². The molecule has 3 N–H and O–H groups in total. The summed E-state index contributed by atoms with van der Waals surface area (Å²) in [7, 11) is 0. The number of carbonyl (C=O) groups is 1. The molecule has 0 aromatic heterocycles. The molecule has 0 spiro atoms. The van der Waals surface area contributed by atoms with Crippen LogP contribution in [0.2, 0.25) is 0 Å². The van der Waals surface area contributed by atoms with E-state index in [9.17, 15) is 0 Å². The van der Waals surface area contributed by atoms with Gasteiger partial charge in [-0.1, -0.05) is 0 Å². The minimum atomic E-state index is 0.250. The van der Waals surface area contributed by atoms with Gasteiger partial charge in [0.1, 0.15) is 0 Å². The summed E-state index contributed by atoms with van der Waals surface area (Å²) in [6.07, 6.45) is 4.56. The molecular formula is C10H20N2O2. The number of hydrogen-bond donors (Lipinski definition) is 2. The van der Waals surface area contributed by atoms with Crippen molar-refractivity contribution < 1.29 is 9.53 Å². The van der Waals surface area contributed by atoms with E-state index in [2.05, 4.69) is 24.9 Å². The molecule has 2 saturated heterocycles. The Morgan fingerprint density at radius 3 is 2.86 bits per heavy atom. The van der Waals surface area contributed by atoms with Gasteiger partial charge < -0.3 is 15.8 Å². The summed E-state index contributed by atoms with van der Waals surface area (Å²) in [5.41, 5.74) is 4.43. The predicted octanol–water partition coefficient (Wildman–Crippen LogP) is 0.407. The highest BCUT2D eigenvalue weighted by Gasteiger charge is 2.40. The normalized spacial score (nSPS) is 40.7. The number of fused-ring (bicyclic) bond motifs is 2. The molecule has 0 radical (unpaired) electrons. The largest absolute Gasteiger partial charge is 0.375 e. The zero-order valence-electron chi connectivity index (χ0n) is 8.95. The first kappa shape index (κ1) is 11.5. The summed E-state index contributed by atoms with van der Waals surface area (Å²) in [6.45, 7) is 5.37. The van der Waals surface area contributed by atoms with Crippen LogP contribution in [0.15, 0.2) is 0 Å². The molecule has 4 nitrogen and oxygen atoms in total. The fraction of sp³-hybridized carbons (Fsp3) is 0.900. The quantitative estimate of drug-likeness (QED) is 0.557. The van der Waals surface area contributed by atoms with Gasteiger partial charge in [0.05, 0.1) is 12.7 Å². The average molecular weight is 200 g/mol. The van der Waals surface area contributed by atoms with Crippen molar-refractivity contribution in [2.24, 2.45) is 5.73 Å². The Labute approximate surface area is 85.2 Å². The van der Waals surface area contributed by atoms with Gasteiger partial charge in [0, 0.05) is 11.6 Å². The molecule has 2 bridgehead atoms. The number of piperidine rings is 1. The van der Waals surface area contributed by atoms with Crippen LogP contribution in [0.5, 0.6) is 0 Å². The Kier molecular flexibility index (Phi) is 3.89. The van der Waals surface area contributed by atoms with Crippen LogP contribution < -0.4 is 11.1 Å². The van der Waals surface area contributed by atoms with Crippen molar-refractivity contribution in [2.45, 2.75) is 50.8 Å². The maximum atomic E-state index is 8.58. The van der Waals surface area contributed by atoms with Crippen molar-refractivity contribution in [3.8, 4) is 0 Å². The van der Waals surface area contributed by atoms with Crippen LogP contribution in [-0.2, 0) is 9.53 Å².